The van der Waals surface area contributed by atoms with Crippen molar-refractivity contribution < 1.29 is 0 Å². The highest BCUT2D eigenvalue weighted by Crippen LogP contribution is 2.17. The maximum absolute atomic E-state index is 4.61. The summed E-state index contributed by atoms with van der Waals surface area (Å²) >= 11 is 4.61. The molecule has 0 heterocycles. The second-order valence-corrected chi connectivity index (χ2v) is 5.20. The number of rotatable bonds is 8. The summed E-state index contributed by atoms with van der Waals surface area (Å²) in [4.78, 5) is 0. The fourth-order valence-corrected chi connectivity index (χ4v) is 1.81. The van der Waals surface area contributed by atoms with Crippen molar-refractivity contribution in [3.63, 3.8) is 0 Å². The van der Waals surface area contributed by atoms with Gasteiger partial charge in [0.25, 0.3) is 0 Å². The predicted octanol–water partition coefficient (Wildman–Crippen LogP) is 4.69. The molecule has 0 bridgehead atoms. The molecular weight excluding hydrogens is 176 g/mol. The fraction of sp³-hybridized carbons (Fsp3) is 1.00. The van der Waals surface area contributed by atoms with E-state index in [-0.39, 0.29) is 0 Å². The van der Waals surface area contributed by atoms with Crippen molar-refractivity contribution >= 4 is 12.6 Å². The van der Waals surface area contributed by atoms with E-state index in [1.165, 1.54) is 44.9 Å². The quantitative estimate of drug-likeness (QED) is 0.428. The third-order valence-corrected chi connectivity index (χ3v) is 2.98. The van der Waals surface area contributed by atoms with Gasteiger partial charge >= 0.3 is 0 Å². The summed E-state index contributed by atoms with van der Waals surface area (Å²) in [5, 5.41) is 0.652. The normalized spacial score (nSPS) is 13.6. The molecule has 1 unspecified atom stereocenters. The Morgan fingerprint density at radius 2 is 1.62 bits per heavy atom. The zero-order valence-electron chi connectivity index (χ0n) is 9.55. The SMILES string of the molecule is CCCCCCC(S)CCC(C)C. The van der Waals surface area contributed by atoms with Crippen LogP contribution < -0.4 is 0 Å². The molecule has 0 fully saturated rings. The maximum atomic E-state index is 4.61. The molecule has 0 nitrogen and oxygen atoms in total. The third-order valence-electron chi connectivity index (χ3n) is 2.47. The summed E-state index contributed by atoms with van der Waals surface area (Å²) < 4.78 is 0. The number of hydrogen-bond donors (Lipinski definition) is 1. The average molecular weight is 202 g/mol. The van der Waals surface area contributed by atoms with Gasteiger partial charge in [0.05, 0.1) is 0 Å². The van der Waals surface area contributed by atoms with Crippen molar-refractivity contribution in [1.82, 2.24) is 0 Å². The van der Waals surface area contributed by atoms with Gasteiger partial charge in [0.1, 0.15) is 0 Å². The smallest absolute Gasteiger partial charge is 0.00169 e. The Bertz CT molecular complexity index is 99.3. The van der Waals surface area contributed by atoms with E-state index in [0.29, 0.717) is 5.25 Å². The largest absolute Gasteiger partial charge is 0.176 e. The lowest BCUT2D eigenvalue weighted by Gasteiger charge is -2.11. The van der Waals surface area contributed by atoms with Gasteiger partial charge in [0.2, 0.25) is 0 Å². The van der Waals surface area contributed by atoms with Crippen LogP contribution in [0.3, 0.4) is 0 Å². The van der Waals surface area contributed by atoms with Gasteiger partial charge in [0.15, 0.2) is 0 Å². The molecule has 0 spiro atoms. The van der Waals surface area contributed by atoms with Crippen LogP contribution in [0.1, 0.15) is 65.7 Å². The van der Waals surface area contributed by atoms with Crippen molar-refractivity contribution in [2.45, 2.75) is 71.0 Å². The molecule has 0 rings (SSSR count). The molecule has 0 aromatic carbocycles. The Balaban J connectivity index is 3.15. The second kappa shape index (κ2) is 8.93. The summed E-state index contributed by atoms with van der Waals surface area (Å²) in [6, 6.07) is 0. The lowest BCUT2D eigenvalue weighted by molar-refractivity contribution is 0.520. The van der Waals surface area contributed by atoms with Gasteiger partial charge in [-0.2, -0.15) is 12.6 Å². The lowest BCUT2D eigenvalue weighted by atomic mass is 10.0. The number of hydrogen-bond acceptors (Lipinski definition) is 1. The first kappa shape index (κ1) is 13.4. The summed E-state index contributed by atoms with van der Waals surface area (Å²) in [6.07, 6.45) is 9.45. The predicted molar refractivity (Wildman–Crippen MR) is 65.6 cm³/mol. The molecule has 0 aliphatic rings. The zero-order chi connectivity index (χ0) is 10.1. The molecule has 0 aromatic rings. The van der Waals surface area contributed by atoms with Crippen molar-refractivity contribution in [3.05, 3.63) is 0 Å². The Morgan fingerprint density at radius 3 is 2.15 bits per heavy atom. The standard InChI is InChI=1S/C12H26S/c1-4-5-6-7-8-12(13)10-9-11(2)3/h11-13H,4-10H2,1-3H3. The summed E-state index contributed by atoms with van der Waals surface area (Å²) in [6.45, 7) is 6.84. The van der Waals surface area contributed by atoms with E-state index in [1.54, 1.807) is 0 Å². The minimum Gasteiger partial charge on any atom is -0.176 e. The van der Waals surface area contributed by atoms with Crippen molar-refractivity contribution in [3.8, 4) is 0 Å². The van der Waals surface area contributed by atoms with Crippen molar-refractivity contribution in [1.29, 1.82) is 0 Å². The Kier molecular flexibility index (Phi) is 9.17. The van der Waals surface area contributed by atoms with Gasteiger partial charge in [0, 0.05) is 5.25 Å². The fourth-order valence-electron chi connectivity index (χ4n) is 1.48. The van der Waals surface area contributed by atoms with Crippen LogP contribution in [0.5, 0.6) is 0 Å². The molecule has 1 atom stereocenters. The van der Waals surface area contributed by atoms with E-state index >= 15 is 0 Å². The molecule has 1 heteroatoms. The van der Waals surface area contributed by atoms with Crippen LogP contribution in [0.4, 0.5) is 0 Å². The van der Waals surface area contributed by atoms with Gasteiger partial charge < -0.3 is 0 Å². The molecule has 0 saturated heterocycles. The van der Waals surface area contributed by atoms with Crippen LogP contribution in [0.15, 0.2) is 0 Å². The second-order valence-electron chi connectivity index (χ2n) is 4.47. The highest BCUT2D eigenvalue weighted by atomic mass is 32.1. The molecule has 0 amide bonds. The molecule has 0 aromatic heterocycles. The van der Waals surface area contributed by atoms with Crippen LogP contribution in [0, 0.1) is 5.92 Å². The van der Waals surface area contributed by atoms with Crippen LogP contribution in [-0.2, 0) is 0 Å². The summed E-state index contributed by atoms with van der Waals surface area (Å²) in [7, 11) is 0. The van der Waals surface area contributed by atoms with Gasteiger partial charge in [-0.3, -0.25) is 0 Å². The first-order chi connectivity index (χ1) is 6.16. The van der Waals surface area contributed by atoms with E-state index in [4.69, 9.17) is 0 Å². The number of unbranched alkanes of at least 4 members (excludes halogenated alkanes) is 3. The molecular formula is C12H26S. The topological polar surface area (TPSA) is 0 Å². The summed E-state index contributed by atoms with van der Waals surface area (Å²) in [5.74, 6) is 0.838. The highest BCUT2D eigenvalue weighted by molar-refractivity contribution is 7.80. The molecule has 0 N–H and O–H groups in total. The van der Waals surface area contributed by atoms with E-state index in [2.05, 4.69) is 33.4 Å². The van der Waals surface area contributed by atoms with Crippen molar-refractivity contribution in [2.75, 3.05) is 0 Å². The van der Waals surface area contributed by atoms with Crippen LogP contribution in [-0.4, -0.2) is 5.25 Å². The zero-order valence-corrected chi connectivity index (χ0v) is 10.4. The average Bonchev–Trinajstić information content (AvgIpc) is 2.09. The monoisotopic (exact) mass is 202 g/mol. The van der Waals surface area contributed by atoms with Gasteiger partial charge in [-0.1, -0.05) is 46.5 Å². The lowest BCUT2D eigenvalue weighted by Crippen LogP contribution is -2.01. The molecule has 0 aliphatic heterocycles. The Morgan fingerprint density at radius 1 is 0.923 bits per heavy atom. The van der Waals surface area contributed by atoms with Gasteiger partial charge in [-0.05, 0) is 25.2 Å². The third kappa shape index (κ3) is 10.3. The molecule has 0 aliphatic carbocycles. The van der Waals surface area contributed by atoms with E-state index < -0.39 is 0 Å². The molecule has 0 saturated carbocycles. The molecule has 0 radical (unpaired) electrons. The van der Waals surface area contributed by atoms with Crippen LogP contribution in [0.2, 0.25) is 0 Å². The minimum absolute atomic E-state index is 0.652. The van der Waals surface area contributed by atoms with Gasteiger partial charge in [-0.25, -0.2) is 0 Å². The minimum atomic E-state index is 0.652. The van der Waals surface area contributed by atoms with E-state index in [9.17, 15) is 0 Å². The van der Waals surface area contributed by atoms with Gasteiger partial charge in [-0.15, -0.1) is 0 Å². The Hall–Kier alpha value is 0.350. The first-order valence-corrected chi connectivity index (χ1v) is 6.36. The van der Waals surface area contributed by atoms with Crippen LogP contribution in [0.25, 0.3) is 0 Å². The summed E-state index contributed by atoms with van der Waals surface area (Å²) in [5.41, 5.74) is 0. The van der Waals surface area contributed by atoms with Crippen LogP contribution >= 0.6 is 12.6 Å². The number of thiol groups is 1. The van der Waals surface area contributed by atoms with E-state index in [0.717, 1.165) is 5.92 Å². The van der Waals surface area contributed by atoms with Crippen molar-refractivity contribution in [2.24, 2.45) is 5.92 Å². The van der Waals surface area contributed by atoms with E-state index in [1.807, 2.05) is 0 Å². The maximum Gasteiger partial charge on any atom is 0.00169 e. The first-order valence-electron chi connectivity index (χ1n) is 5.84. The highest BCUT2D eigenvalue weighted by Gasteiger charge is 2.03. The molecule has 13 heavy (non-hydrogen) atoms. The molecule has 80 valence electrons. The Labute approximate surface area is 89.9 Å².